The summed E-state index contributed by atoms with van der Waals surface area (Å²) < 4.78 is 5.06. The van der Waals surface area contributed by atoms with Crippen molar-refractivity contribution in [1.82, 2.24) is 5.32 Å². The molecule has 0 aromatic carbocycles. The number of rotatable bonds is 4. The van der Waals surface area contributed by atoms with E-state index in [0.717, 1.165) is 25.9 Å². The molecule has 0 aromatic heterocycles. The lowest BCUT2D eigenvalue weighted by molar-refractivity contribution is -0.142. The first-order valence-electron chi connectivity index (χ1n) is 4.79. The second-order valence-electron chi connectivity index (χ2n) is 3.46. The highest BCUT2D eigenvalue weighted by Gasteiger charge is 2.12. The van der Waals surface area contributed by atoms with E-state index < -0.39 is 5.97 Å². The summed E-state index contributed by atoms with van der Waals surface area (Å²) in [6.07, 6.45) is 3.41. The van der Waals surface area contributed by atoms with E-state index in [1.807, 2.05) is 0 Å². The van der Waals surface area contributed by atoms with Crippen LogP contribution < -0.4 is 5.32 Å². The van der Waals surface area contributed by atoms with Crippen LogP contribution in [0.3, 0.4) is 0 Å². The van der Waals surface area contributed by atoms with Crippen LogP contribution in [-0.4, -0.2) is 37.4 Å². The lowest BCUT2D eigenvalue weighted by Crippen LogP contribution is -2.17. The van der Waals surface area contributed by atoms with E-state index >= 15 is 0 Å². The van der Waals surface area contributed by atoms with Gasteiger partial charge in [0, 0.05) is 0 Å². The molecule has 1 fully saturated rings. The second-order valence-corrected chi connectivity index (χ2v) is 3.46. The summed E-state index contributed by atoms with van der Waals surface area (Å²) in [5, 5.41) is 11.7. The highest BCUT2D eigenvalue weighted by Crippen LogP contribution is 2.13. The number of aliphatic carboxylic acids is 1. The Morgan fingerprint density at radius 1 is 1.46 bits per heavy atom. The summed E-state index contributed by atoms with van der Waals surface area (Å²) >= 11 is 0. The van der Waals surface area contributed by atoms with Crippen LogP contribution in [0.5, 0.6) is 0 Å². The number of hydrogen-bond acceptors (Lipinski definition) is 3. The summed E-state index contributed by atoms with van der Waals surface area (Å²) in [5.41, 5.74) is 0. The summed E-state index contributed by atoms with van der Waals surface area (Å²) in [4.78, 5) is 10.2. The fraction of sp³-hybridized carbons (Fsp3) is 0.889. The van der Waals surface area contributed by atoms with Crippen molar-refractivity contribution in [2.45, 2.75) is 19.3 Å². The van der Waals surface area contributed by atoms with Gasteiger partial charge in [0.05, 0.1) is 6.61 Å². The molecule has 0 bridgehead atoms. The zero-order valence-electron chi connectivity index (χ0n) is 7.79. The molecule has 1 saturated heterocycles. The standard InChI is InChI=1S/C9H17NO3/c11-9(12)7-13-6-8-2-1-4-10-5-3-8/h8,10H,1-7H2,(H,11,12). The highest BCUT2D eigenvalue weighted by molar-refractivity contribution is 5.67. The smallest absolute Gasteiger partial charge is 0.329 e. The summed E-state index contributed by atoms with van der Waals surface area (Å²) in [5.74, 6) is -0.346. The minimum absolute atomic E-state index is 0.163. The lowest BCUT2D eigenvalue weighted by Gasteiger charge is -2.12. The van der Waals surface area contributed by atoms with Gasteiger partial charge in [0.25, 0.3) is 0 Å². The zero-order chi connectivity index (χ0) is 9.52. The first kappa shape index (κ1) is 10.5. The lowest BCUT2D eigenvalue weighted by atomic mass is 10.0. The Morgan fingerprint density at radius 3 is 3.08 bits per heavy atom. The topological polar surface area (TPSA) is 58.6 Å². The fourth-order valence-corrected chi connectivity index (χ4v) is 1.57. The van der Waals surface area contributed by atoms with Gasteiger partial charge in [-0.1, -0.05) is 0 Å². The van der Waals surface area contributed by atoms with Gasteiger partial charge >= 0.3 is 5.97 Å². The van der Waals surface area contributed by atoms with Crippen LogP contribution in [0.1, 0.15) is 19.3 Å². The molecule has 0 saturated carbocycles. The maximum atomic E-state index is 10.2. The van der Waals surface area contributed by atoms with E-state index in [2.05, 4.69) is 5.32 Å². The molecule has 1 aliphatic rings. The predicted octanol–water partition coefficient (Wildman–Crippen LogP) is 0.477. The number of carboxylic acid groups (broad SMARTS) is 1. The van der Waals surface area contributed by atoms with Crippen molar-refractivity contribution in [3.63, 3.8) is 0 Å². The largest absolute Gasteiger partial charge is 0.480 e. The number of hydrogen-bond donors (Lipinski definition) is 2. The zero-order valence-corrected chi connectivity index (χ0v) is 7.79. The molecule has 1 atom stereocenters. The third-order valence-corrected chi connectivity index (χ3v) is 2.27. The van der Waals surface area contributed by atoms with Crippen LogP contribution in [0.4, 0.5) is 0 Å². The van der Waals surface area contributed by atoms with E-state index in [9.17, 15) is 4.79 Å². The maximum absolute atomic E-state index is 10.2. The average molecular weight is 187 g/mol. The summed E-state index contributed by atoms with van der Waals surface area (Å²) in [6.45, 7) is 2.54. The fourth-order valence-electron chi connectivity index (χ4n) is 1.57. The molecule has 4 heteroatoms. The van der Waals surface area contributed by atoms with Gasteiger partial charge in [0.2, 0.25) is 0 Å². The Labute approximate surface area is 78.3 Å². The van der Waals surface area contributed by atoms with E-state index in [1.165, 1.54) is 6.42 Å². The monoisotopic (exact) mass is 187 g/mol. The molecule has 2 N–H and O–H groups in total. The number of nitrogens with one attached hydrogen (secondary N) is 1. The van der Waals surface area contributed by atoms with Gasteiger partial charge in [-0.25, -0.2) is 4.79 Å². The van der Waals surface area contributed by atoms with Gasteiger partial charge in [-0.15, -0.1) is 0 Å². The number of carboxylic acids is 1. The van der Waals surface area contributed by atoms with E-state index in [1.54, 1.807) is 0 Å². The molecule has 0 aliphatic carbocycles. The van der Waals surface area contributed by atoms with Crippen molar-refractivity contribution in [1.29, 1.82) is 0 Å². The van der Waals surface area contributed by atoms with Crippen LogP contribution in [0.25, 0.3) is 0 Å². The molecular formula is C9H17NO3. The second kappa shape index (κ2) is 5.94. The Kier molecular flexibility index (Phi) is 4.78. The van der Waals surface area contributed by atoms with Crippen molar-refractivity contribution < 1.29 is 14.6 Å². The maximum Gasteiger partial charge on any atom is 0.329 e. The van der Waals surface area contributed by atoms with Crippen molar-refractivity contribution in [2.24, 2.45) is 5.92 Å². The number of ether oxygens (including phenoxy) is 1. The first-order valence-corrected chi connectivity index (χ1v) is 4.79. The number of carbonyl (C=O) groups is 1. The average Bonchev–Trinajstić information content (AvgIpc) is 2.32. The normalized spacial score (nSPS) is 23.8. The van der Waals surface area contributed by atoms with Crippen LogP contribution in [0.15, 0.2) is 0 Å². The molecule has 1 unspecified atom stereocenters. The van der Waals surface area contributed by atoms with Gasteiger partial charge in [-0.3, -0.25) is 0 Å². The third-order valence-electron chi connectivity index (χ3n) is 2.27. The molecule has 1 aliphatic heterocycles. The Balaban J connectivity index is 2.08. The van der Waals surface area contributed by atoms with Gasteiger partial charge in [0.15, 0.2) is 0 Å². The molecular weight excluding hydrogens is 170 g/mol. The van der Waals surface area contributed by atoms with Crippen molar-refractivity contribution >= 4 is 5.97 Å². The van der Waals surface area contributed by atoms with Crippen molar-refractivity contribution in [3.8, 4) is 0 Å². The third kappa shape index (κ3) is 4.85. The molecule has 0 aromatic rings. The molecule has 76 valence electrons. The van der Waals surface area contributed by atoms with Gasteiger partial charge in [-0.05, 0) is 38.3 Å². The SMILES string of the molecule is O=C(O)COCC1CCCNCC1. The molecule has 0 radical (unpaired) electrons. The molecule has 0 amide bonds. The van der Waals surface area contributed by atoms with Crippen LogP contribution in [0, 0.1) is 5.92 Å². The van der Waals surface area contributed by atoms with Crippen LogP contribution in [0.2, 0.25) is 0 Å². The Morgan fingerprint density at radius 2 is 2.31 bits per heavy atom. The van der Waals surface area contributed by atoms with Gasteiger partial charge in [-0.2, -0.15) is 0 Å². The van der Waals surface area contributed by atoms with Crippen molar-refractivity contribution in [2.75, 3.05) is 26.3 Å². The quantitative estimate of drug-likeness (QED) is 0.672. The van der Waals surface area contributed by atoms with Crippen LogP contribution >= 0.6 is 0 Å². The van der Waals surface area contributed by atoms with E-state index in [0.29, 0.717) is 12.5 Å². The highest BCUT2D eigenvalue weighted by atomic mass is 16.5. The molecule has 4 nitrogen and oxygen atoms in total. The first-order chi connectivity index (χ1) is 6.29. The van der Waals surface area contributed by atoms with E-state index in [-0.39, 0.29) is 6.61 Å². The summed E-state index contributed by atoms with van der Waals surface area (Å²) in [7, 11) is 0. The van der Waals surface area contributed by atoms with Crippen LogP contribution in [-0.2, 0) is 9.53 Å². The molecule has 13 heavy (non-hydrogen) atoms. The van der Waals surface area contributed by atoms with E-state index in [4.69, 9.17) is 9.84 Å². The predicted molar refractivity (Wildman–Crippen MR) is 48.7 cm³/mol. The van der Waals surface area contributed by atoms with Gasteiger partial charge in [0.1, 0.15) is 6.61 Å². The van der Waals surface area contributed by atoms with Crippen molar-refractivity contribution in [3.05, 3.63) is 0 Å². The minimum atomic E-state index is -0.883. The Bertz CT molecular complexity index is 153. The molecule has 1 rings (SSSR count). The van der Waals surface area contributed by atoms with Gasteiger partial charge < -0.3 is 15.2 Å². The molecule has 1 heterocycles. The molecule has 0 spiro atoms. The minimum Gasteiger partial charge on any atom is -0.480 e. The summed E-state index contributed by atoms with van der Waals surface area (Å²) in [6, 6.07) is 0. The Hall–Kier alpha value is -0.610.